The fraction of sp³-hybridized carbons (Fsp3) is 0.500. The van der Waals surface area contributed by atoms with Crippen LogP contribution in [-0.2, 0) is 16.0 Å². The largest absolute Gasteiger partial charge is 0.447 e. The summed E-state index contributed by atoms with van der Waals surface area (Å²) in [6, 6.07) is 6.32. The molecule has 0 aliphatic carbocycles. The Morgan fingerprint density at radius 1 is 1.23 bits per heavy atom. The number of nitriles is 1. The van der Waals surface area contributed by atoms with Crippen molar-refractivity contribution in [2.45, 2.75) is 71.4 Å². The normalized spacial score (nSPS) is 15.1. The van der Waals surface area contributed by atoms with Crippen molar-refractivity contribution >= 4 is 17.7 Å². The first-order valence-electron chi connectivity index (χ1n) is 11.9. The van der Waals surface area contributed by atoms with Gasteiger partial charge in [-0.25, -0.2) is 9.18 Å². The summed E-state index contributed by atoms with van der Waals surface area (Å²) >= 11 is 0. The Morgan fingerprint density at radius 3 is 2.49 bits per heavy atom. The van der Waals surface area contributed by atoms with Crippen LogP contribution in [0.4, 0.5) is 9.18 Å². The first-order chi connectivity index (χ1) is 16.7. The fourth-order valence-electron chi connectivity index (χ4n) is 4.35. The Kier molecular flexibility index (Phi) is 8.39. The summed E-state index contributed by atoms with van der Waals surface area (Å²) in [6.45, 7) is 8.08. The van der Waals surface area contributed by atoms with Gasteiger partial charge in [0.1, 0.15) is 17.6 Å². The van der Waals surface area contributed by atoms with Gasteiger partial charge in [-0.05, 0) is 50.7 Å². The monoisotopic (exact) mass is 482 g/mol. The van der Waals surface area contributed by atoms with Crippen molar-refractivity contribution in [2.75, 3.05) is 13.1 Å². The van der Waals surface area contributed by atoms with E-state index in [1.807, 2.05) is 20.8 Å². The maximum Gasteiger partial charge on any atom is 0.410 e. The van der Waals surface area contributed by atoms with Gasteiger partial charge >= 0.3 is 6.09 Å². The number of ketones is 2. The third kappa shape index (κ3) is 5.94. The summed E-state index contributed by atoms with van der Waals surface area (Å²) in [5, 5.41) is 14.3. The molecule has 0 bridgehead atoms. The smallest absolute Gasteiger partial charge is 0.410 e. The molecule has 1 aromatic heterocycles. The van der Waals surface area contributed by atoms with E-state index in [1.165, 1.54) is 12.1 Å². The van der Waals surface area contributed by atoms with Crippen LogP contribution in [0.1, 0.15) is 86.1 Å². The summed E-state index contributed by atoms with van der Waals surface area (Å²) in [7, 11) is 0. The lowest BCUT2D eigenvalue weighted by molar-refractivity contribution is -0.114. The molecule has 1 saturated heterocycles. The lowest BCUT2D eigenvalue weighted by Crippen LogP contribution is -2.40. The molecule has 2 heterocycles. The Morgan fingerprint density at radius 2 is 1.91 bits per heavy atom. The van der Waals surface area contributed by atoms with E-state index in [0.29, 0.717) is 49.2 Å². The highest BCUT2D eigenvalue weighted by molar-refractivity contribution is 6.43. The predicted octanol–water partition coefficient (Wildman–Crippen LogP) is 4.58. The number of aromatic nitrogens is 2. The van der Waals surface area contributed by atoms with E-state index in [-0.39, 0.29) is 36.1 Å². The van der Waals surface area contributed by atoms with Crippen molar-refractivity contribution in [3.8, 4) is 6.07 Å². The molecule has 1 unspecified atom stereocenters. The van der Waals surface area contributed by atoms with Crippen LogP contribution in [0.2, 0.25) is 0 Å². The molecule has 2 aromatic rings. The van der Waals surface area contributed by atoms with Crippen LogP contribution < -0.4 is 0 Å². The van der Waals surface area contributed by atoms with E-state index in [2.05, 4.69) is 11.2 Å². The average molecular weight is 483 g/mol. The molecule has 0 spiro atoms. The number of benzene rings is 1. The first kappa shape index (κ1) is 26.1. The number of Topliss-reactive ketones (excluding diaryl/α,β-unsaturated/α-hetero) is 2. The SMILES string of the molecule is CCC(=O)C(=O)c1ccc(C(C)Cc2cnn(C3CCN(C(=O)OC(C)C)CC3)c2C#N)c(F)c1. The molecule has 0 saturated carbocycles. The van der Waals surface area contributed by atoms with Crippen molar-refractivity contribution in [3.63, 3.8) is 0 Å². The summed E-state index contributed by atoms with van der Waals surface area (Å²) < 4.78 is 21.8. The van der Waals surface area contributed by atoms with Gasteiger partial charge in [0.05, 0.1) is 18.3 Å². The molecule has 8 nitrogen and oxygen atoms in total. The summed E-state index contributed by atoms with van der Waals surface area (Å²) in [6.07, 6.45) is 2.90. The zero-order valence-corrected chi connectivity index (χ0v) is 20.6. The van der Waals surface area contributed by atoms with Crippen LogP contribution in [0.25, 0.3) is 0 Å². The van der Waals surface area contributed by atoms with Gasteiger partial charge in [0.15, 0.2) is 0 Å². The quantitative estimate of drug-likeness (QED) is 0.403. The van der Waals surface area contributed by atoms with Gasteiger partial charge in [0.2, 0.25) is 11.6 Å². The van der Waals surface area contributed by atoms with E-state index >= 15 is 0 Å². The third-order valence-corrected chi connectivity index (χ3v) is 6.28. The summed E-state index contributed by atoms with van der Waals surface area (Å²) in [5.41, 5.74) is 1.58. The zero-order valence-electron chi connectivity index (χ0n) is 20.6. The van der Waals surface area contributed by atoms with E-state index in [9.17, 15) is 24.0 Å². The number of halogens is 1. The molecule has 35 heavy (non-hydrogen) atoms. The lowest BCUT2D eigenvalue weighted by atomic mass is 9.92. The Bertz CT molecular complexity index is 1140. The minimum Gasteiger partial charge on any atom is -0.447 e. The molecule has 3 rings (SSSR count). The Hall–Kier alpha value is -3.54. The maximum atomic E-state index is 14.8. The number of piperidine rings is 1. The highest BCUT2D eigenvalue weighted by Gasteiger charge is 2.28. The Balaban J connectivity index is 1.70. The topological polar surface area (TPSA) is 105 Å². The third-order valence-electron chi connectivity index (χ3n) is 6.28. The molecule has 9 heteroatoms. The molecule has 1 aliphatic heterocycles. The second-order valence-electron chi connectivity index (χ2n) is 9.17. The molecule has 1 amide bonds. The number of hydrogen-bond donors (Lipinski definition) is 0. The van der Waals surface area contributed by atoms with Crippen molar-refractivity contribution < 1.29 is 23.5 Å². The number of carbonyl (C=O) groups excluding carboxylic acids is 3. The number of amides is 1. The first-order valence-corrected chi connectivity index (χ1v) is 11.9. The zero-order chi connectivity index (χ0) is 25.7. The second kappa shape index (κ2) is 11.3. The number of nitrogens with zero attached hydrogens (tertiary/aromatic N) is 4. The Labute approximate surface area is 204 Å². The summed E-state index contributed by atoms with van der Waals surface area (Å²) in [5.74, 6) is -2.08. The second-order valence-corrected chi connectivity index (χ2v) is 9.17. The minimum absolute atomic E-state index is 0.0186. The fourth-order valence-corrected chi connectivity index (χ4v) is 4.35. The van der Waals surface area contributed by atoms with Gasteiger partial charge in [-0.2, -0.15) is 10.4 Å². The van der Waals surface area contributed by atoms with Crippen molar-refractivity contribution in [2.24, 2.45) is 0 Å². The molecule has 1 fully saturated rings. The molecular formula is C26H31FN4O4. The average Bonchev–Trinajstić information content (AvgIpc) is 3.24. The van der Waals surface area contributed by atoms with Gasteiger partial charge in [-0.15, -0.1) is 0 Å². The van der Waals surface area contributed by atoms with E-state index in [0.717, 1.165) is 6.07 Å². The highest BCUT2D eigenvalue weighted by Crippen LogP contribution is 2.29. The highest BCUT2D eigenvalue weighted by atomic mass is 19.1. The van der Waals surface area contributed by atoms with Crippen molar-refractivity contribution in [1.82, 2.24) is 14.7 Å². The van der Waals surface area contributed by atoms with Crippen LogP contribution in [-0.4, -0.2) is 51.5 Å². The molecule has 1 aromatic carbocycles. The van der Waals surface area contributed by atoms with E-state index in [4.69, 9.17) is 4.74 Å². The number of carbonyl (C=O) groups is 3. The van der Waals surface area contributed by atoms with Crippen LogP contribution in [0, 0.1) is 17.1 Å². The predicted molar refractivity (Wildman–Crippen MR) is 127 cm³/mol. The van der Waals surface area contributed by atoms with Gasteiger partial charge in [-0.1, -0.05) is 26.0 Å². The molecular weight excluding hydrogens is 451 g/mol. The van der Waals surface area contributed by atoms with E-state index in [1.54, 1.807) is 22.7 Å². The molecule has 186 valence electrons. The lowest BCUT2D eigenvalue weighted by Gasteiger charge is -2.32. The van der Waals surface area contributed by atoms with Gasteiger partial charge in [0.25, 0.3) is 0 Å². The number of ether oxygens (including phenoxy) is 1. The van der Waals surface area contributed by atoms with Crippen LogP contribution in [0.5, 0.6) is 0 Å². The van der Waals surface area contributed by atoms with E-state index < -0.39 is 17.4 Å². The molecule has 0 N–H and O–H groups in total. The van der Waals surface area contributed by atoms with Crippen LogP contribution in [0.15, 0.2) is 24.4 Å². The number of rotatable bonds is 8. The number of likely N-dealkylation sites (tertiary alicyclic amines) is 1. The standard InChI is InChI=1S/C26H31FN4O4/c1-5-24(32)25(33)18-6-7-21(22(27)13-18)17(4)12-19-15-29-31(23(19)14-28)20-8-10-30(11-9-20)26(34)35-16(2)3/h6-7,13,15-17,20H,5,8-12H2,1-4H3. The maximum absolute atomic E-state index is 14.8. The van der Waals surface area contributed by atoms with Crippen molar-refractivity contribution in [1.29, 1.82) is 5.26 Å². The number of hydrogen-bond acceptors (Lipinski definition) is 6. The molecule has 1 aliphatic rings. The van der Waals surface area contributed by atoms with Crippen LogP contribution >= 0.6 is 0 Å². The van der Waals surface area contributed by atoms with Gasteiger partial charge in [0, 0.05) is 30.6 Å². The van der Waals surface area contributed by atoms with Crippen LogP contribution in [0.3, 0.4) is 0 Å². The summed E-state index contributed by atoms with van der Waals surface area (Å²) in [4.78, 5) is 37.5. The van der Waals surface area contributed by atoms with Crippen molar-refractivity contribution in [3.05, 3.63) is 52.6 Å². The minimum atomic E-state index is -0.692. The van der Waals surface area contributed by atoms with Gasteiger partial charge in [-0.3, -0.25) is 14.3 Å². The molecule has 1 atom stereocenters. The molecule has 0 radical (unpaired) electrons. The van der Waals surface area contributed by atoms with Gasteiger partial charge < -0.3 is 9.64 Å².